The van der Waals surface area contributed by atoms with Crippen LogP contribution in [0, 0.1) is 0 Å². The molecule has 4 N–H and O–H groups in total. The van der Waals surface area contributed by atoms with Gasteiger partial charge in [0.1, 0.15) is 11.5 Å². The SMILES string of the molecule is CCCCCCC(C)c1c(C(=O)O)ccc(O)c1Sc1c(O)ccc(C(=O)O)c1C(C)CCCCCC. The third kappa shape index (κ3) is 8.16. The van der Waals surface area contributed by atoms with Crippen molar-refractivity contribution in [2.24, 2.45) is 0 Å². The number of benzene rings is 2. The maximum absolute atomic E-state index is 12.2. The minimum atomic E-state index is -1.08. The Balaban J connectivity index is 2.60. The van der Waals surface area contributed by atoms with E-state index in [1.807, 2.05) is 13.8 Å². The highest BCUT2D eigenvalue weighted by molar-refractivity contribution is 7.99. The highest BCUT2D eigenvalue weighted by atomic mass is 32.2. The average molecular weight is 531 g/mol. The van der Waals surface area contributed by atoms with E-state index in [4.69, 9.17) is 0 Å². The molecule has 204 valence electrons. The standard InChI is InChI=1S/C30H42O6S/c1-5-7-9-11-13-19(3)25-21(29(33)34)15-17-23(31)27(25)37-28-24(32)18-16-22(30(35)36)26(28)20(4)14-12-10-8-6-2/h15-20,31-32H,5-14H2,1-4H3,(H,33,34)(H,35,36). The molecular formula is C30H42O6S. The zero-order valence-electron chi connectivity index (χ0n) is 22.5. The summed E-state index contributed by atoms with van der Waals surface area (Å²) in [4.78, 5) is 25.0. The Morgan fingerprint density at radius 3 is 1.38 bits per heavy atom. The van der Waals surface area contributed by atoms with Crippen LogP contribution in [-0.4, -0.2) is 32.4 Å². The molecule has 0 spiro atoms. The lowest BCUT2D eigenvalue weighted by atomic mass is 9.90. The lowest BCUT2D eigenvalue weighted by Crippen LogP contribution is -2.10. The summed E-state index contributed by atoms with van der Waals surface area (Å²) in [5.41, 5.74) is 1.28. The molecule has 2 atom stereocenters. The van der Waals surface area contributed by atoms with Crippen LogP contribution in [0.1, 0.15) is 136 Å². The molecule has 2 aromatic rings. The molecule has 2 aromatic carbocycles. The maximum Gasteiger partial charge on any atom is 0.336 e. The van der Waals surface area contributed by atoms with E-state index in [1.54, 1.807) is 0 Å². The van der Waals surface area contributed by atoms with Gasteiger partial charge in [0, 0.05) is 0 Å². The Morgan fingerprint density at radius 2 is 1.05 bits per heavy atom. The molecular weight excluding hydrogens is 488 g/mol. The van der Waals surface area contributed by atoms with E-state index in [-0.39, 0.29) is 34.5 Å². The van der Waals surface area contributed by atoms with Crippen LogP contribution in [-0.2, 0) is 0 Å². The van der Waals surface area contributed by atoms with Crippen molar-refractivity contribution in [3.05, 3.63) is 46.5 Å². The Morgan fingerprint density at radius 1 is 0.676 bits per heavy atom. The van der Waals surface area contributed by atoms with Crippen LogP contribution in [0.25, 0.3) is 0 Å². The second-order valence-corrected chi connectivity index (χ2v) is 11.0. The fourth-order valence-electron chi connectivity index (χ4n) is 4.89. The zero-order valence-corrected chi connectivity index (χ0v) is 23.4. The van der Waals surface area contributed by atoms with Gasteiger partial charge in [-0.1, -0.05) is 90.8 Å². The van der Waals surface area contributed by atoms with E-state index in [9.17, 15) is 30.0 Å². The number of hydrogen-bond donors (Lipinski definition) is 4. The molecule has 37 heavy (non-hydrogen) atoms. The molecule has 2 unspecified atom stereocenters. The van der Waals surface area contributed by atoms with E-state index in [0.717, 1.165) is 76.0 Å². The molecule has 0 aliphatic heterocycles. The number of hydrogen-bond acceptors (Lipinski definition) is 5. The lowest BCUT2D eigenvalue weighted by Gasteiger charge is -2.23. The van der Waals surface area contributed by atoms with Crippen LogP contribution in [0.3, 0.4) is 0 Å². The molecule has 0 heterocycles. The highest BCUT2D eigenvalue weighted by Gasteiger charge is 2.27. The Hall–Kier alpha value is -2.67. The van der Waals surface area contributed by atoms with Crippen molar-refractivity contribution < 1.29 is 30.0 Å². The molecule has 0 aliphatic rings. The summed E-state index contributed by atoms with van der Waals surface area (Å²) in [6, 6.07) is 5.57. The van der Waals surface area contributed by atoms with E-state index in [1.165, 1.54) is 24.3 Å². The van der Waals surface area contributed by atoms with Crippen LogP contribution in [0.4, 0.5) is 0 Å². The predicted molar refractivity (Wildman–Crippen MR) is 149 cm³/mol. The predicted octanol–water partition coefficient (Wildman–Crippen LogP) is 8.79. The first kappa shape index (κ1) is 30.6. The number of phenols is 2. The molecule has 0 aliphatic carbocycles. The van der Waals surface area contributed by atoms with Crippen LogP contribution >= 0.6 is 11.8 Å². The van der Waals surface area contributed by atoms with Gasteiger partial charge in [0.25, 0.3) is 0 Å². The topological polar surface area (TPSA) is 115 Å². The second kappa shape index (κ2) is 14.9. The molecule has 0 radical (unpaired) electrons. The molecule has 0 aromatic heterocycles. The van der Waals surface area contributed by atoms with Gasteiger partial charge in [-0.3, -0.25) is 0 Å². The summed E-state index contributed by atoms with van der Waals surface area (Å²) in [7, 11) is 0. The summed E-state index contributed by atoms with van der Waals surface area (Å²) < 4.78 is 0. The number of rotatable bonds is 16. The van der Waals surface area contributed by atoms with Gasteiger partial charge in [-0.05, 0) is 60.1 Å². The Labute approximate surface area is 225 Å². The quantitative estimate of drug-likeness (QED) is 0.160. The third-order valence-electron chi connectivity index (χ3n) is 6.98. The number of unbranched alkanes of at least 4 members (excludes halogenated alkanes) is 6. The Kier molecular flexibility index (Phi) is 12.3. The highest BCUT2D eigenvalue weighted by Crippen LogP contribution is 2.49. The van der Waals surface area contributed by atoms with E-state index >= 15 is 0 Å². The van der Waals surface area contributed by atoms with Crippen LogP contribution in [0.2, 0.25) is 0 Å². The molecule has 7 heteroatoms. The average Bonchev–Trinajstić information content (AvgIpc) is 2.85. The number of carboxylic acids is 2. The first-order valence-corrected chi connectivity index (χ1v) is 14.3. The third-order valence-corrected chi connectivity index (χ3v) is 8.25. The molecule has 0 saturated heterocycles. The summed E-state index contributed by atoms with van der Waals surface area (Å²) in [6.45, 7) is 8.19. The van der Waals surface area contributed by atoms with Gasteiger partial charge >= 0.3 is 11.9 Å². The second-order valence-electron chi connectivity index (χ2n) is 9.96. The van der Waals surface area contributed by atoms with Gasteiger partial charge in [-0.15, -0.1) is 0 Å². The largest absolute Gasteiger partial charge is 0.507 e. The smallest absolute Gasteiger partial charge is 0.336 e. The molecule has 0 fully saturated rings. The fourth-order valence-corrected chi connectivity index (χ4v) is 6.28. The number of carbonyl (C=O) groups is 2. The van der Waals surface area contributed by atoms with Crippen molar-refractivity contribution in [1.82, 2.24) is 0 Å². The maximum atomic E-state index is 12.2. The summed E-state index contributed by atoms with van der Waals surface area (Å²) >= 11 is 1.07. The number of aromatic hydroxyl groups is 2. The van der Waals surface area contributed by atoms with Gasteiger partial charge in [-0.2, -0.15) is 0 Å². The number of aromatic carboxylic acids is 2. The van der Waals surface area contributed by atoms with Crippen molar-refractivity contribution in [2.45, 2.75) is 114 Å². The molecule has 6 nitrogen and oxygen atoms in total. The normalized spacial score (nSPS) is 12.9. The summed E-state index contributed by atoms with van der Waals surface area (Å²) in [6.07, 6.45) is 9.91. The van der Waals surface area contributed by atoms with Crippen molar-refractivity contribution in [2.75, 3.05) is 0 Å². The van der Waals surface area contributed by atoms with Crippen LogP contribution in [0.15, 0.2) is 34.1 Å². The van der Waals surface area contributed by atoms with Crippen molar-refractivity contribution in [1.29, 1.82) is 0 Å². The summed E-state index contributed by atoms with van der Waals surface area (Å²) in [5.74, 6) is -2.59. The van der Waals surface area contributed by atoms with Crippen molar-refractivity contribution in [3.8, 4) is 11.5 Å². The molecule has 0 amide bonds. The molecule has 2 rings (SSSR count). The van der Waals surface area contributed by atoms with Gasteiger partial charge in [0.05, 0.1) is 20.9 Å². The van der Waals surface area contributed by atoms with Crippen molar-refractivity contribution in [3.63, 3.8) is 0 Å². The van der Waals surface area contributed by atoms with Gasteiger partial charge in [0.15, 0.2) is 0 Å². The lowest BCUT2D eigenvalue weighted by molar-refractivity contribution is 0.0684. The molecule has 0 bridgehead atoms. The van der Waals surface area contributed by atoms with Crippen molar-refractivity contribution >= 4 is 23.7 Å². The minimum absolute atomic E-state index is 0.0768. The molecule has 0 saturated carbocycles. The van der Waals surface area contributed by atoms with E-state index in [0.29, 0.717) is 20.9 Å². The van der Waals surface area contributed by atoms with E-state index < -0.39 is 11.9 Å². The fraction of sp³-hybridized carbons (Fsp3) is 0.533. The van der Waals surface area contributed by atoms with Crippen LogP contribution < -0.4 is 0 Å². The van der Waals surface area contributed by atoms with Crippen LogP contribution in [0.5, 0.6) is 11.5 Å². The van der Waals surface area contributed by atoms with Gasteiger partial charge in [-0.25, -0.2) is 9.59 Å². The monoisotopic (exact) mass is 530 g/mol. The first-order valence-electron chi connectivity index (χ1n) is 13.5. The zero-order chi connectivity index (χ0) is 27.5. The van der Waals surface area contributed by atoms with Gasteiger partial charge in [0.2, 0.25) is 0 Å². The Bertz CT molecular complexity index is 981. The summed E-state index contributed by atoms with van der Waals surface area (Å²) in [5, 5.41) is 41.7. The first-order chi connectivity index (χ1) is 17.6. The number of phenolic OH excluding ortho intramolecular Hbond substituents is 2. The van der Waals surface area contributed by atoms with E-state index in [2.05, 4.69) is 13.8 Å². The number of carboxylic acid groups (broad SMARTS) is 2. The minimum Gasteiger partial charge on any atom is -0.507 e. The van der Waals surface area contributed by atoms with Gasteiger partial charge < -0.3 is 20.4 Å².